The Hall–Kier alpha value is -1.82. The summed E-state index contributed by atoms with van der Waals surface area (Å²) in [6.45, 7) is 6.64. The molecule has 1 saturated carbocycles. The van der Waals surface area contributed by atoms with Crippen molar-refractivity contribution in [1.82, 2.24) is 9.88 Å². The molecule has 3 heterocycles. The highest BCUT2D eigenvalue weighted by molar-refractivity contribution is 6.33. The summed E-state index contributed by atoms with van der Waals surface area (Å²) in [5, 5.41) is 0.600. The molecule has 1 aromatic carbocycles. The van der Waals surface area contributed by atoms with E-state index in [0.717, 1.165) is 54.4 Å². The number of nitrogens with zero attached hydrogens (tertiary/aromatic N) is 2. The highest BCUT2D eigenvalue weighted by Crippen LogP contribution is 2.41. The van der Waals surface area contributed by atoms with Crippen molar-refractivity contribution in [1.29, 1.82) is 0 Å². The Bertz CT molecular complexity index is 921. The zero-order valence-corrected chi connectivity index (χ0v) is 18.5. The average Bonchev–Trinajstić information content (AvgIpc) is 2.69. The molecule has 3 aliphatic rings. The zero-order chi connectivity index (χ0) is 20.7. The summed E-state index contributed by atoms with van der Waals surface area (Å²) in [4.78, 5) is 6.88. The number of fused-ring (bicyclic) bond motifs is 1. The van der Waals surface area contributed by atoms with Crippen molar-refractivity contribution in [2.24, 2.45) is 0 Å². The standard InChI is InChI=1S/C24H29ClN2O3/c1-16(2)29-23-13-20(21(25)14-26-23)17-6-7-22-18(12-17)15-28-24(30-22)8-10-27(11-9-24)19-4-3-5-19/h6-7,12-14,16,19H,3-5,8-11,15H2,1-2H3. The predicted molar refractivity (Wildman–Crippen MR) is 117 cm³/mol. The van der Waals surface area contributed by atoms with Gasteiger partial charge in [0.2, 0.25) is 11.7 Å². The monoisotopic (exact) mass is 428 g/mol. The second kappa shape index (κ2) is 8.03. The van der Waals surface area contributed by atoms with E-state index in [0.29, 0.717) is 17.5 Å². The van der Waals surface area contributed by atoms with Crippen LogP contribution in [0.3, 0.4) is 0 Å². The molecule has 160 valence electrons. The third kappa shape index (κ3) is 3.91. The summed E-state index contributed by atoms with van der Waals surface area (Å²) in [7, 11) is 0. The number of ether oxygens (including phenoxy) is 3. The Balaban J connectivity index is 1.33. The van der Waals surface area contributed by atoms with Gasteiger partial charge < -0.3 is 14.2 Å². The number of piperidine rings is 1. The van der Waals surface area contributed by atoms with Crippen LogP contribution in [0.1, 0.15) is 51.5 Å². The van der Waals surface area contributed by atoms with Crippen molar-refractivity contribution in [2.45, 2.75) is 70.5 Å². The van der Waals surface area contributed by atoms with Gasteiger partial charge in [0.05, 0.1) is 23.9 Å². The summed E-state index contributed by atoms with van der Waals surface area (Å²) in [6.07, 6.45) is 7.63. The van der Waals surface area contributed by atoms with Crippen molar-refractivity contribution in [3.8, 4) is 22.8 Å². The number of rotatable bonds is 4. The van der Waals surface area contributed by atoms with Crippen LogP contribution in [0.2, 0.25) is 5.02 Å². The van der Waals surface area contributed by atoms with Crippen LogP contribution in [-0.2, 0) is 11.3 Å². The Labute approximate surface area is 183 Å². The fourth-order valence-corrected chi connectivity index (χ4v) is 4.79. The number of hydrogen-bond donors (Lipinski definition) is 0. The summed E-state index contributed by atoms with van der Waals surface area (Å²) in [5.74, 6) is 1.03. The summed E-state index contributed by atoms with van der Waals surface area (Å²) in [6, 6.07) is 8.89. The maximum Gasteiger partial charge on any atom is 0.214 e. The van der Waals surface area contributed by atoms with Gasteiger partial charge in [-0.1, -0.05) is 24.1 Å². The van der Waals surface area contributed by atoms with E-state index in [1.54, 1.807) is 6.20 Å². The second-order valence-corrected chi connectivity index (χ2v) is 9.32. The van der Waals surface area contributed by atoms with Crippen LogP contribution in [0, 0.1) is 0 Å². The molecule has 30 heavy (non-hydrogen) atoms. The lowest BCUT2D eigenvalue weighted by Crippen LogP contribution is -2.54. The van der Waals surface area contributed by atoms with Crippen LogP contribution < -0.4 is 9.47 Å². The van der Waals surface area contributed by atoms with Crippen LogP contribution in [0.25, 0.3) is 11.1 Å². The molecule has 2 aliphatic heterocycles. The maximum atomic E-state index is 6.44. The first-order chi connectivity index (χ1) is 14.5. The first-order valence-electron chi connectivity index (χ1n) is 11.0. The van der Waals surface area contributed by atoms with Crippen LogP contribution in [0.4, 0.5) is 0 Å². The van der Waals surface area contributed by atoms with Gasteiger partial charge in [0.1, 0.15) is 5.75 Å². The van der Waals surface area contributed by atoms with Crippen molar-refractivity contribution in [3.63, 3.8) is 0 Å². The van der Waals surface area contributed by atoms with Gasteiger partial charge in [-0.2, -0.15) is 0 Å². The zero-order valence-electron chi connectivity index (χ0n) is 17.7. The predicted octanol–water partition coefficient (Wildman–Crippen LogP) is 5.44. The first-order valence-corrected chi connectivity index (χ1v) is 11.4. The van der Waals surface area contributed by atoms with Crippen molar-refractivity contribution >= 4 is 11.6 Å². The lowest BCUT2D eigenvalue weighted by molar-refractivity contribution is -0.231. The Morgan fingerprint density at radius 3 is 2.70 bits per heavy atom. The molecule has 0 bridgehead atoms. The van der Waals surface area contributed by atoms with Crippen molar-refractivity contribution < 1.29 is 14.2 Å². The van der Waals surface area contributed by atoms with Crippen LogP contribution in [0.15, 0.2) is 30.5 Å². The van der Waals surface area contributed by atoms with Gasteiger partial charge in [-0.3, -0.25) is 4.90 Å². The molecule has 0 unspecified atom stereocenters. The molecule has 0 radical (unpaired) electrons. The lowest BCUT2D eigenvalue weighted by atomic mass is 9.89. The molecule has 0 N–H and O–H groups in total. The molecule has 1 aliphatic carbocycles. The molecule has 5 nitrogen and oxygen atoms in total. The van der Waals surface area contributed by atoms with Gasteiger partial charge in [-0.15, -0.1) is 0 Å². The molecule has 1 saturated heterocycles. The summed E-state index contributed by atoms with van der Waals surface area (Å²) in [5.41, 5.74) is 2.97. The average molecular weight is 429 g/mol. The van der Waals surface area contributed by atoms with Gasteiger partial charge in [-0.05, 0) is 44.4 Å². The highest BCUT2D eigenvalue weighted by atomic mass is 35.5. The van der Waals surface area contributed by atoms with E-state index in [2.05, 4.69) is 22.0 Å². The molecule has 2 aromatic rings. The van der Waals surface area contributed by atoms with E-state index >= 15 is 0 Å². The molecular weight excluding hydrogens is 400 g/mol. The fourth-order valence-electron chi connectivity index (χ4n) is 4.57. The third-order valence-electron chi connectivity index (χ3n) is 6.50. The van der Waals surface area contributed by atoms with Gasteiger partial charge in [0.15, 0.2) is 0 Å². The van der Waals surface area contributed by atoms with Gasteiger partial charge in [0.25, 0.3) is 0 Å². The number of likely N-dealkylation sites (tertiary alicyclic amines) is 1. The maximum absolute atomic E-state index is 6.44. The molecule has 0 amide bonds. The summed E-state index contributed by atoms with van der Waals surface area (Å²) >= 11 is 6.44. The molecule has 5 rings (SSSR count). The molecule has 6 heteroatoms. The van der Waals surface area contributed by atoms with E-state index in [9.17, 15) is 0 Å². The van der Waals surface area contributed by atoms with Gasteiger partial charge >= 0.3 is 0 Å². The van der Waals surface area contributed by atoms with Gasteiger partial charge in [0, 0.05) is 49.2 Å². The smallest absolute Gasteiger partial charge is 0.214 e. The Morgan fingerprint density at radius 1 is 1.20 bits per heavy atom. The van der Waals surface area contributed by atoms with E-state index in [-0.39, 0.29) is 6.10 Å². The number of benzene rings is 1. The SMILES string of the molecule is CC(C)Oc1cc(-c2ccc3c(c2)COC2(CCN(C4CCC4)CC2)O3)c(Cl)cn1. The van der Waals surface area contributed by atoms with E-state index < -0.39 is 5.79 Å². The van der Waals surface area contributed by atoms with E-state index in [4.69, 9.17) is 25.8 Å². The lowest BCUT2D eigenvalue weighted by Gasteiger charge is -2.47. The van der Waals surface area contributed by atoms with Crippen molar-refractivity contribution in [2.75, 3.05) is 13.1 Å². The fraction of sp³-hybridized carbons (Fsp3) is 0.542. The Kier molecular flexibility index (Phi) is 5.38. The second-order valence-electron chi connectivity index (χ2n) is 8.91. The number of pyridine rings is 1. The minimum atomic E-state index is -0.471. The van der Waals surface area contributed by atoms with Crippen molar-refractivity contribution in [3.05, 3.63) is 41.0 Å². The topological polar surface area (TPSA) is 43.8 Å². The van der Waals surface area contributed by atoms with Gasteiger partial charge in [-0.25, -0.2) is 4.98 Å². The van der Waals surface area contributed by atoms with E-state index in [1.807, 2.05) is 26.0 Å². The molecular formula is C24H29ClN2O3. The first kappa shape index (κ1) is 20.1. The molecule has 1 spiro atoms. The van der Waals surface area contributed by atoms with E-state index in [1.165, 1.54) is 19.3 Å². The number of hydrogen-bond acceptors (Lipinski definition) is 5. The minimum absolute atomic E-state index is 0.0590. The minimum Gasteiger partial charge on any atom is -0.475 e. The largest absolute Gasteiger partial charge is 0.475 e. The normalized spacial score (nSPS) is 21.2. The number of halogens is 1. The number of aromatic nitrogens is 1. The summed E-state index contributed by atoms with van der Waals surface area (Å²) < 4.78 is 18.4. The quantitative estimate of drug-likeness (QED) is 0.648. The Morgan fingerprint density at radius 2 is 2.00 bits per heavy atom. The van der Waals surface area contributed by atoms with Crippen LogP contribution in [-0.4, -0.2) is 40.9 Å². The molecule has 1 aromatic heterocycles. The molecule has 0 atom stereocenters. The molecule has 2 fully saturated rings. The van der Waals surface area contributed by atoms with Crippen LogP contribution >= 0.6 is 11.6 Å². The highest BCUT2D eigenvalue weighted by Gasteiger charge is 2.42. The third-order valence-corrected chi connectivity index (χ3v) is 6.80. The van der Waals surface area contributed by atoms with Crippen LogP contribution in [0.5, 0.6) is 11.6 Å².